The Bertz CT molecular complexity index is 2500. The molecule has 0 radical (unpaired) electrons. The monoisotopic (exact) mass is 674 g/mol. The largest absolute Gasteiger partial charge is 0.416 e. The molecule has 0 fully saturated rings. The molecule has 0 bridgehead atoms. The van der Waals surface area contributed by atoms with Crippen molar-refractivity contribution in [3.05, 3.63) is 153 Å². The molecule has 51 heavy (non-hydrogen) atoms. The molecule has 3 aliphatic rings. The van der Waals surface area contributed by atoms with E-state index in [9.17, 15) is 13.2 Å². The van der Waals surface area contributed by atoms with E-state index in [4.69, 9.17) is 0 Å². The topological polar surface area (TPSA) is 0 Å². The Morgan fingerprint density at radius 3 is 1.27 bits per heavy atom. The van der Waals surface area contributed by atoms with Crippen LogP contribution in [0.2, 0.25) is 0 Å². The molecule has 0 amide bonds. The Kier molecular flexibility index (Phi) is 6.36. The minimum Gasteiger partial charge on any atom is -0.166 e. The van der Waals surface area contributed by atoms with E-state index in [0.29, 0.717) is 0 Å². The van der Waals surface area contributed by atoms with Crippen LogP contribution in [0.3, 0.4) is 0 Å². The molecule has 0 unspecified atom stereocenters. The molecule has 254 valence electrons. The van der Waals surface area contributed by atoms with Gasteiger partial charge in [-0.3, -0.25) is 0 Å². The molecule has 6 aromatic rings. The van der Waals surface area contributed by atoms with Gasteiger partial charge in [0.15, 0.2) is 0 Å². The number of halogens is 3. The van der Waals surface area contributed by atoms with Crippen LogP contribution in [0, 0.1) is 13.8 Å². The average Bonchev–Trinajstić information content (AvgIpc) is 3.55. The average molecular weight is 675 g/mol. The minimum atomic E-state index is -4.38. The smallest absolute Gasteiger partial charge is 0.166 e. The molecule has 0 aliphatic heterocycles. The molecule has 0 spiro atoms. The first-order valence-electron chi connectivity index (χ1n) is 17.9. The molecule has 0 aromatic heterocycles. The summed E-state index contributed by atoms with van der Waals surface area (Å²) in [5, 5.41) is 0. The van der Waals surface area contributed by atoms with Gasteiger partial charge in [-0.15, -0.1) is 0 Å². The fraction of sp³-hybridized carbons (Fsp3) is 0.250. The maximum absolute atomic E-state index is 13.7. The summed E-state index contributed by atoms with van der Waals surface area (Å²) in [6.07, 6.45) is -4.38. The van der Waals surface area contributed by atoms with Gasteiger partial charge in [0.2, 0.25) is 0 Å². The Hall–Kier alpha value is -4.89. The SMILES string of the molecule is Cc1cc2c(cc1-c1ccc3c(c1)C(C)(C)c1cc(-c4cc5c(cc4C)-c4ccc(C(F)(F)F)cc4C5(C)C)ccc1-3)C(C)(C)c1ccccc1-2. The van der Waals surface area contributed by atoms with Gasteiger partial charge in [0.05, 0.1) is 5.56 Å². The van der Waals surface area contributed by atoms with Crippen LogP contribution in [0.5, 0.6) is 0 Å². The normalized spacial score (nSPS) is 16.6. The summed E-state index contributed by atoms with van der Waals surface area (Å²) < 4.78 is 41.1. The highest BCUT2D eigenvalue weighted by atomic mass is 19.4. The van der Waals surface area contributed by atoms with E-state index in [-0.39, 0.29) is 10.8 Å². The summed E-state index contributed by atoms with van der Waals surface area (Å²) in [5.41, 5.74) is 20.1. The van der Waals surface area contributed by atoms with Crippen molar-refractivity contribution in [1.29, 1.82) is 0 Å². The summed E-state index contributed by atoms with van der Waals surface area (Å²) in [6.45, 7) is 17.8. The zero-order valence-electron chi connectivity index (χ0n) is 30.4. The second-order valence-corrected chi connectivity index (χ2v) is 16.6. The molecule has 0 N–H and O–H groups in total. The summed E-state index contributed by atoms with van der Waals surface area (Å²) in [4.78, 5) is 0. The van der Waals surface area contributed by atoms with Crippen LogP contribution in [0.4, 0.5) is 13.2 Å². The highest BCUT2D eigenvalue weighted by Crippen LogP contribution is 2.55. The number of rotatable bonds is 2. The Balaban J connectivity index is 1.10. The highest BCUT2D eigenvalue weighted by Gasteiger charge is 2.41. The molecule has 3 aliphatic carbocycles. The predicted molar refractivity (Wildman–Crippen MR) is 204 cm³/mol. The van der Waals surface area contributed by atoms with E-state index in [1.807, 2.05) is 13.8 Å². The van der Waals surface area contributed by atoms with Gasteiger partial charge >= 0.3 is 6.18 Å². The lowest BCUT2D eigenvalue weighted by Gasteiger charge is -2.25. The van der Waals surface area contributed by atoms with Crippen molar-refractivity contribution in [1.82, 2.24) is 0 Å². The number of alkyl halides is 3. The second-order valence-electron chi connectivity index (χ2n) is 16.6. The Morgan fingerprint density at radius 1 is 0.373 bits per heavy atom. The van der Waals surface area contributed by atoms with Gasteiger partial charge in [-0.05, 0) is 150 Å². The van der Waals surface area contributed by atoms with Crippen molar-refractivity contribution in [2.24, 2.45) is 0 Å². The molecular formula is C48H41F3. The van der Waals surface area contributed by atoms with Gasteiger partial charge in [-0.25, -0.2) is 0 Å². The molecule has 0 heterocycles. The molecule has 0 nitrogen and oxygen atoms in total. The van der Waals surface area contributed by atoms with E-state index in [1.54, 1.807) is 6.07 Å². The lowest BCUT2D eigenvalue weighted by molar-refractivity contribution is -0.137. The number of aryl methyl sites for hydroxylation is 2. The zero-order chi connectivity index (χ0) is 36.0. The first kappa shape index (κ1) is 32.0. The van der Waals surface area contributed by atoms with Crippen molar-refractivity contribution in [3.8, 4) is 55.6 Å². The molecule has 0 atom stereocenters. The van der Waals surface area contributed by atoms with Crippen molar-refractivity contribution in [2.75, 3.05) is 0 Å². The molecule has 0 saturated carbocycles. The van der Waals surface area contributed by atoms with Crippen LogP contribution >= 0.6 is 0 Å². The predicted octanol–water partition coefficient (Wildman–Crippen LogP) is 13.6. The van der Waals surface area contributed by atoms with E-state index in [1.165, 1.54) is 73.3 Å². The zero-order valence-corrected chi connectivity index (χ0v) is 30.4. The summed E-state index contributed by atoms with van der Waals surface area (Å²) in [6, 6.07) is 36.1. The van der Waals surface area contributed by atoms with E-state index in [2.05, 4.69) is 126 Å². The molecule has 0 saturated heterocycles. The van der Waals surface area contributed by atoms with Gasteiger partial charge in [0.25, 0.3) is 0 Å². The number of hydrogen-bond acceptors (Lipinski definition) is 0. The van der Waals surface area contributed by atoms with Crippen LogP contribution in [0.1, 0.15) is 91.6 Å². The van der Waals surface area contributed by atoms with Crippen molar-refractivity contribution < 1.29 is 13.2 Å². The first-order chi connectivity index (χ1) is 24.0. The molecule has 6 aromatic carbocycles. The van der Waals surface area contributed by atoms with Crippen molar-refractivity contribution in [3.63, 3.8) is 0 Å². The minimum absolute atomic E-state index is 0.0588. The van der Waals surface area contributed by atoms with Crippen LogP contribution in [0.25, 0.3) is 55.6 Å². The Labute approximate surface area is 299 Å². The maximum Gasteiger partial charge on any atom is 0.416 e. The number of benzene rings is 6. The Morgan fingerprint density at radius 2 is 0.765 bits per heavy atom. The van der Waals surface area contributed by atoms with E-state index in [0.717, 1.165) is 38.9 Å². The van der Waals surface area contributed by atoms with Gasteiger partial charge in [0, 0.05) is 16.2 Å². The number of fused-ring (bicyclic) bond motifs is 9. The summed E-state index contributed by atoms with van der Waals surface area (Å²) >= 11 is 0. The van der Waals surface area contributed by atoms with Crippen LogP contribution in [-0.2, 0) is 22.4 Å². The standard InChI is InChI=1S/C48H41F3/c1-26-19-37-31-11-9-10-12-39(31)45(3,4)43(37)24-35(26)28-13-16-32-33-17-14-29(22-41(33)46(5,6)40(32)21-28)36-25-44-38(20-27(36)2)34-18-15-30(48(49,50)51)23-42(34)47(44,7)8/h9-25H,1-8H3. The van der Waals surface area contributed by atoms with Crippen molar-refractivity contribution in [2.45, 2.75) is 77.8 Å². The second kappa shape index (κ2) is 10.1. The quantitative estimate of drug-likeness (QED) is 0.171. The third kappa shape index (κ3) is 4.33. The van der Waals surface area contributed by atoms with Gasteiger partial charge in [-0.1, -0.05) is 108 Å². The lowest BCUT2D eigenvalue weighted by atomic mass is 9.78. The maximum atomic E-state index is 13.7. The van der Waals surface area contributed by atoms with Crippen LogP contribution in [-0.4, -0.2) is 0 Å². The lowest BCUT2D eigenvalue weighted by Crippen LogP contribution is -2.17. The van der Waals surface area contributed by atoms with Gasteiger partial charge in [0.1, 0.15) is 0 Å². The van der Waals surface area contributed by atoms with Crippen LogP contribution in [0.15, 0.2) is 103 Å². The summed E-state index contributed by atoms with van der Waals surface area (Å²) in [7, 11) is 0. The van der Waals surface area contributed by atoms with E-state index >= 15 is 0 Å². The number of hydrogen-bond donors (Lipinski definition) is 0. The van der Waals surface area contributed by atoms with Gasteiger partial charge < -0.3 is 0 Å². The molecular weight excluding hydrogens is 634 g/mol. The van der Waals surface area contributed by atoms with Crippen LogP contribution < -0.4 is 0 Å². The molecule has 3 heteroatoms. The van der Waals surface area contributed by atoms with Gasteiger partial charge in [-0.2, -0.15) is 13.2 Å². The highest BCUT2D eigenvalue weighted by molar-refractivity contribution is 5.90. The molecule has 9 rings (SSSR count). The van der Waals surface area contributed by atoms with Crippen molar-refractivity contribution >= 4 is 0 Å². The van der Waals surface area contributed by atoms with E-state index < -0.39 is 17.2 Å². The first-order valence-corrected chi connectivity index (χ1v) is 17.9. The third-order valence-electron chi connectivity index (χ3n) is 12.6. The third-order valence-corrected chi connectivity index (χ3v) is 12.6. The summed E-state index contributed by atoms with van der Waals surface area (Å²) in [5.74, 6) is 0. The fourth-order valence-corrected chi connectivity index (χ4v) is 9.62. The fourth-order valence-electron chi connectivity index (χ4n) is 9.62.